The first-order valence-corrected chi connectivity index (χ1v) is 7.58. The highest BCUT2D eigenvalue weighted by Gasteiger charge is 2.55. The first-order valence-electron chi connectivity index (χ1n) is 7.58. The molecule has 1 saturated heterocycles. The summed E-state index contributed by atoms with van der Waals surface area (Å²) in [7, 11) is 0. The molecule has 0 aromatic heterocycles. The Hall–Kier alpha value is -2.69. The highest BCUT2D eigenvalue weighted by Crippen LogP contribution is 2.41. The van der Waals surface area contributed by atoms with Crippen molar-refractivity contribution >= 4 is 11.9 Å². The fraction of sp³-hybridized carbons (Fsp3) is 0.222. The van der Waals surface area contributed by atoms with E-state index < -0.39 is 17.4 Å². The first-order chi connectivity index (χ1) is 11.1. The number of benzene rings is 2. The number of fused-ring (bicyclic) bond motifs is 2. The van der Waals surface area contributed by atoms with Gasteiger partial charge in [0.25, 0.3) is 5.91 Å². The standard InChI is InChI=1S/C18H15FN2O2/c19-15-8-4-2-6-13(15)11-21-16(22)18(20-17(21)23)10-9-12-5-1-3-7-14(12)18/h1-8H,9-11H2,(H,20,23)/t18-/m1/s1. The second-order valence-corrected chi connectivity index (χ2v) is 5.98. The van der Waals surface area contributed by atoms with Crippen LogP contribution in [0, 0.1) is 5.82 Å². The molecule has 116 valence electrons. The highest BCUT2D eigenvalue weighted by molar-refractivity contribution is 6.08. The molecule has 2 aromatic rings. The topological polar surface area (TPSA) is 49.4 Å². The van der Waals surface area contributed by atoms with E-state index >= 15 is 0 Å². The third-order valence-electron chi connectivity index (χ3n) is 4.71. The predicted octanol–water partition coefficient (Wildman–Crippen LogP) is 2.72. The number of rotatable bonds is 2. The van der Waals surface area contributed by atoms with Crippen molar-refractivity contribution in [3.05, 3.63) is 71.0 Å². The van der Waals surface area contributed by atoms with Crippen LogP contribution in [0.25, 0.3) is 0 Å². The van der Waals surface area contributed by atoms with Gasteiger partial charge in [-0.25, -0.2) is 9.18 Å². The van der Waals surface area contributed by atoms with Gasteiger partial charge in [-0.3, -0.25) is 9.69 Å². The zero-order chi connectivity index (χ0) is 16.0. The molecule has 1 spiro atoms. The van der Waals surface area contributed by atoms with Crippen molar-refractivity contribution in [2.24, 2.45) is 0 Å². The van der Waals surface area contributed by atoms with E-state index in [9.17, 15) is 14.0 Å². The first kappa shape index (κ1) is 13.9. The van der Waals surface area contributed by atoms with Crippen LogP contribution in [0.2, 0.25) is 0 Å². The molecule has 1 aliphatic carbocycles. The van der Waals surface area contributed by atoms with Crippen LogP contribution in [0.15, 0.2) is 48.5 Å². The molecular formula is C18H15FN2O2. The molecule has 0 radical (unpaired) electrons. The minimum Gasteiger partial charge on any atom is -0.319 e. The molecule has 3 amide bonds. The molecule has 1 atom stereocenters. The normalized spacial score (nSPS) is 22.6. The number of aryl methyl sites for hydroxylation is 1. The monoisotopic (exact) mass is 310 g/mol. The lowest BCUT2D eigenvalue weighted by Crippen LogP contribution is -2.41. The lowest BCUT2D eigenvalue weighted by molar-refractivity contribution is -0.132. The average Bonchev–Trinajstić information content (AvgIpc) is 3.04. The Labute approximate surface area is 132 Å². The zero-order valence-corrected chi connectivity index (χ0v) is 12.4. The molecule has 1 heterocycles. The molecule has 4 nitrogen and oxygen atoms in total. The molecule has 23 heavy (non-hydrogen) atoms. The molecule has 1 aliphatic heterocycles. The summed E-state index contributed by atoms with van der Waals surface area (Å²) in [5.41, 5.74) is 1.28. The fourth-order valence-corrected chi connectivity index (χ4v) is 3.53. The second kappa shape index (κ2) is 4.91. The fourth-order valence-electron chi connectivity index (χ4n) is 3.53. The van der Waals surface area contributed by atoms with Crippen LogP contribution in [0.1, 0.15) is 23.1 Å². The Morgan fingerprint density at radius 3 is 2.65 bits per heavy atom. The number of amides is 3. The van der Waals surface area contributed by atoms with Crippen LogP contribution in [0.5, 0.6) is 0 Å². The van der Waals surface area contributed by atoms with Gasteiger partial charge in [-0.05, 0) is 30.0 Å². The third-order valence-corrected chi connectivity index (χ3v) is 4.71. The van der Waals surface area contributed by atoms with Crippen LogP contribution < -0.4 is 5.32 Å². The summed E-state index contributed by atoms with van der Waals surface area (Å²) in [5.74, 6) is -0.712. The molecule has 5 heteroatoms. The quantitative estimate of drug-likeness (QED) is 0.867. The summed E-state index contributed by atoms with van der Waals surface area (Å²) in [6.45, 7) is -0.0543. The van der Waals surface area contributed by atoms with Crippen molar-refractivity contribution in [2.45, 2.75) is 24.9 Å². The van der Waals surface area contributed by atoms with E-state index in [0.29, 0.717) is 12.0 Å². The van der Waals surface area contributed by atoms with E-state index in [0.717, 1.165) is 22.4 Å². The maximum absolute atomic E-state index is 13.8. The molecule has 0 saturated carbocycles. The number of nitrogens with zero attached hydrogens (tertiary/aromatic N) is 1. The number of nitrogens with one attached hydrogen (secondary N) is 1. The van der Waals surface area contributed by atoms with Crippen LogP contribution >= 0.6 is 0 Å². The van der Waals surface area contributed by atoms with Crippen LogP contribution in [0.4, 0.5) is 9.18 Å². The summed E-state index contributed by atoms with van der Waals surface area (Å²) in [5, 5.41) is 2.84. The molecule has 1 fully saturated rings. The summed E-state index contributed by atoms with van der Waals surface area (Å²) < 4.78 is 13.8. The van der Waals surface area contributed by atoms with Gasteiger partial charge in [0.05, 0.1) is 6.54 Å². The van der Waals surface area contributed by atoms with Gasteiger partial charge >= 0.3 is 6.03 Å². The average molecular weight is 310 g/mol. The maximum Gasteiger partial charge on any atom is 0.325 e. The minimum absolute atomic E-state index is 0.0543. The van der Waals surface area contributed by atoms with Crippen molar-refractivity contribution in [3.63, 3.8) is 0 Å². The molecule has 0 bridgehead atoms. The van der Waals surface area contributed by atoms with E-state index in [4.69, 9.17) is 0 Å². The van der Waals surface area contributed by atoms with Gasteiger partial charge in [0.2, 0.25) is 0 Å². The number of hydrogen-bond donors (Lipinski definition) is 1. The van der Waals surface area contributed by atoms with Crippen LogP contribution in [-0.2, 0) is 23.3 Å². The molecular weight excluding hydrogens is 295 g/mol. The summed E-state index contributed by atoms with van der Waals surface area (Å²) in [6.07, 6.45) is 1.29. The summed E-state index contributed by atoms with van der Waals surface area (Å²) in [6, 6.07) is 13.4. The number of halogens is 1. The van der Waals surface area contributed by atoms with Gasteiger partial charge in [-0.1, -0.05) is 42.5 Å². The predicted molar refractivity (Wildman–Crippen MR) is 81.9 cm³/mol. The Kier molecular flexibility index (Phi) is 2.98. The molecule has 2 aliphatic rings. The number of carbonyl (C=O) groups excluding carboxylic acids is 2. The van der Waals surface area contributed by atoms with Crippen molar-refractivity contribution in [1.82, 2.24) is 10.2 Å². The van der Waals surface area contributed by atoms with Gasteiger partial charge in [-0.2, -0.15) is 0 Å². The lowest BCUT2D eigenvalue weighted by atomic mass is 9.92. The number of urea groups is 1. The Balaban J connectivity index is 1.69. The van der Waals surface area contributed by atoms with E-state index in [1.807, 2.05) is 24.3 Å². The molecule has 0 unspecified atom stereocenters. The van der Waals surface area contributed by atoms with Gasteiger partial charge < -0.3 is 5.32 Å². The van der Waals surface area contributed by atoms with Gasteiger partial charge in [0.15, 0.2) is 0 Å². The largest absolute Gasteiger partial charge is 0.325 e. The van der Waals surface area contributed by atoms with Crippen LogP contribution in [0.3, 0.4) is 0 Å². The third kappa shape index (κ3) is 1.96. The lowest BCUT2D eigenvalue weighted by Gasteiger charge is -2.22. The minimum atomic E-state index is -0.987. The molecule has 2 aromatic carbocycles. The van der Waals surface area contributed by atoms with E-state index in [-0.39, 0.29) is 12.5 Å². The van der Waals surface area contributed by atoms with E-state index in [1.165, 1.54) is 6.07 Å². The van der Waals surface area contributed by atoms with Crippen LogP contribution in [-0.4, -0.2) is 16.8 Å². The number of hydrogen-bond acceptors (Lipinski definition) is 2. The van der Waals surface area contributed by atoms with Gasteiger partial charge in [0, 0.05) is 5.56 Å². The van der Waals surface area contributed by atoms with Gasteiger partial charge in [0.1, 0.15) is 11.4 Å². The zero-order valence-electron chi connectivity index (χ0n) is 12.4. The molecule has 1 N–H and O–H groups in total. The van der Waals surface area contributed by atoms with Crippen molar-refractivity contribution in [3.8, 4) is 0 Å². The Morgan fingerprint density at radius 1 is 1.09 bits per heavy atom. The van der Waals surface area contributed by atoms with E-state index in [2.05, 4.69) is 5.32 Å². The SMILES string of the molecule is O=C1N[C@@]2(CCc3ccccc32)C(=O)N1Cc1ccccc1F. The van der Waals surface area contributed by atoms with E-state index in [1.54, 1.807) is 18.2 Å². The second-order valence-electron chi connectivity index (χ2n) is 5.98. The maximum atomic E-state index is 13.8. The highest BCUT2D eigenvalue weighted by atomic mass is 19.1. The Morgan fingerprint density at radius 2 is 1.83 bits per heavy atom. The number of carbonyl (C=O) groups is 2. The van der Waals surface area contributed by atoms with Crippen molar-refractivity contribution in [1.29, 1.82) is 0 Å². The van der Waals surface area contributed by atoms with Crippen molar-refractivity contribution in [2.75, 3.05) is 0 Å². The summed E-state index contributed by atoms with van der Waals surface area (Å²) >= 11 is 0. The molecule has 4 rings (SSSR count). The Bertz CT molecular complexity index is 820. The van der Waals surface area contributed by atoms with Gasteiger partial charge in [-0.15, -0.1) is 0 Å². The summed E-state index contributed by atoms with van der Waals surface area (Å²) in [4.78, 5) is 26.4. The number of imide groups is 1. The smallest absolute Gasteiger partial charge is 0.319 e. The van der Waals surface area contributed by atoms with Crippen molar-refractivity contribution < 1.29 is 14.0 Å².